The van der Waals surface area contributed by atoms with Crippen LogP contribution in [-0.4, -0.2) is 20.6 Å². The van der Waals surface area contributed by atoms with Gasteiger partial charge in [0.05, 0.1) is 10.6 Å². The molecule has 0 spiro atoms. The Balaban J connectivity index is 1.95. The highest BCUT2D eigenvalue weighted by atomic mass is 32.1. The second-order valence-corrected chi connectivity index (χ2v) is 6.21. The van der Waals surface area contributed by atoms with Gasteiger partial charge >= 0.3 is 0 Å². The first-order chi connectivity index (χ1) is 12.2. The van der Waals surface area contributed by atoms with Gasteiger partial charge in [0, 0.05) is 28.6 Å². The second kappa shape index (κ2) is 5.95. The van der Waals surface area contributed by atoms with Crippen molar-refractivity contribution in [1.29, 1.82) is 0 Å². The highest BCUT2D eigenvalue weighted by Crippen LogP contribution is 2.33. The number of nitro groups is 1. The molecule has 0 atom stereocenters. The minimum atomic E-state index is -0.434. The fraction of sp³-hybridized carbons (Fsp3) is 0. The number of aromatic nitrogens is 2. The standard InChI is InChI=1S/C18H11N3O3S/c22-10-15-17(12-5-2-1-3-6-12)19-18-20(15)16(11-25-18)13-7-4-8-14(9-13)21(23)24/h1-11H. The maximum Gasteiger partial charge on any atom is 0.270 e. The van der Waals surface area contributed by atoms with E-state index in [4.69, 9.17) is 0 Å². The number of hydrogen-bond acceptors (Lipinski definition) is 5. The summed E-state index contributed by atoms with van der Waals surface area (Å²) in [5.74, 6) is 0. The van der Waals surface area contributed by atoms with E-state index in [9.17, 15) is 14.9 Å². The van der Waals surface area contributed by atoms with Gasteiger partial charge in [-0.2, -0.15) is 0 Å². The molecule has 2 aromatic carbocycles. The number of aldehydes is 1. The van der Waals surface area contributed by atoms with E-state index in [1.54, 1.807) is 16.5 Å². The van der Waals surface area contributed by atoms with Crippen molar-refractivity contribution in [3.63, 3.8) is 0 Å². The SMILES string of the molecule is O=Cc1c(-c2ccccc2)nc2scc(-c3cccc([N+](=O)[O-])c3)n12. The maximum absolute atomic E-state index is 11.8. The summed E-state index contributed by atoms with van der Waals surface area (Å²) >= 11 is 1.39. The van der Waals surface area contributed by atoms with E-state index in [1.165, 1.54) is 23.5 Å². The van der Waals surface area contributed by atoms with Gasteiger partial charge in [0.2, 0.25) is 0 Å². The second-order valence-electron chi connectivity index (χ2n) is 5.38. The summed E-state index contributed by atoms with van der Waals surface area (Å²) in [4.78, 5) is 27.6. The van der Waals surface area contributed by atoms with Crippen LogP contribution in [0.15, 0.2) is 60.0 Å². The zero-order chi connectivity index (χ0) is 17.4. The van der Waals surface area contributed by atoms with Crippen molar-refractivity contribution in [1.82, 2.24) is 9.38 Å². The maximum atomic E-state index is 11.8. The lowest BCUT2D eigenvalue weighted by Crippen LogP contribution is -1.95. The van der Waals surface area contributed by atoms with E-state index in [0.29, 0.717) is 27.6 Å². The third kappa shape index (κ3) is 2.50. The van der Waals surface area contributed by atoms with E-state index in [2.05, 4.69) is 4.98 Å². The van der Waals surface area contributed by atoms with Crippen LogP contribution in [0.4, 0.5) is 5.69 Å². The fourth-order valence-electron chi connectivity index (χ4n) is 2.78. The lowest BCUT2D eigenvalue weighted by atomic mass is 10.1. The molecule has 0 aliphatic rings. The molecular formula is C18H11N3O3S. The van der Waals surface area contributed by atoms with Gasteiger partial charge in [-0.1, -0.05) is 42.5 Å². The molecule has 6 nitrogen and oxygen atoms in total. The molecule has 122 valence electrons. The average Bonchev–Trinajstić information content (AvgIpc) is 3.21. The van der Waals surface area contributed by atoms with Gasteiger partial charge in [-0.3, -0.25) is 19.3 Å². The highest BCUT2D eigenvalue weighted by Gasteiger charge is 2.19. The van der Waals surface area contributed by atoms with Crippen LogP contribution in [0.5, 0.6) is 0 Å². The molecular weight excluding hydrogens is 338 g/mol. The molecule has 25 heavy (non-hydrogen) atoms. The number of carbonyl (C=O) groups is 1. The molecule has 0 N–H and O–H groups in total. The fourth-order valence-corrected chi connectivity index (χ4v) is 3.68. The molecule has 0 fully saturated rings. The summed E-state index contributed by atoms with van der Waals surface area (Å²) in [6.07, 6.45) is 0.774. The van der Waals surface area contributed by atoms with Crippen molar-refractivity contribution >= 4 is 28.3 Å². The Hall–Kier alpha value is -3.32. The quantitative estimate of drug-likeness (QED) is 0.310. The monoisotopic (exact) mass is 349 g/mol. The van der Waals surface area contributed by atoms with Crippen LogP contribution in [0.1, 0.15) is 10.5 Å². The van der Waals surface area contributed by atoms with E-state index in [0.717, 1.165) is 11.8 Å². The molecule has 0 aliphatic carbocycles. The largest absolute Gasteiger partial charge is 0.296 e. The predicted molar refractivity (Wildman–Crippen MR) is 96.0 cm³/mol. The van der Waals surface area contributed by atoms with Gasteiger partial charge in [0.25, 0.3) is 5.69 Å². The first kappa shape index (κ1) is 15.2. The third-order valence-corrected chi connectivity index (χ3v) is 4.74. The Morgan fingerprint density at radius 2 is 1.84 bits per heavy atom. The summed E-state index contributed by atoms with van der Waals surface area (Å²) in [7, 11) is 0. The van der Waals surface area contributed by atoms with E-state index < -0.39 is 4.92 Å². The Morgan fingerprint density at radius 3 is 2.56 bits per heavy atom. The third-order valence-electron chi connectivity index (χ3n) is 3.91. The smallest absolute Gasteiger partial charge is 0.270 e. The van der Waals surface area contributed by atoms with Crippen LogP contribution >= 0.6 is 11.3 Å². The average molecular weight is 349 g/mol. The Kier molecular flexibility index (Phi) is 3.62. The van der Waals surface area contributed by atoms with Crippen molar-refractivity contribution in [3.8, 4) is 22.5 Å². The highest BCUT2D eigenvalue weighted by molar-refractivity contribution is 7.15. The van der Waals surface area contributed by atoms with Gasteiger partial charge in [0.1, 0.15) is 11.4 Å². The van der Waals surface area contributed by atoms with Crippen LogP contribution in [0.2, 0.25) is 0 Å². The number of benzene rings is 2. The van der Waals surface area contributed by atoms with Gasteiger partial charge in [-0.05, 0) is 0 Å². The zero-order valence-corrected chi connectivity index (χ0v) is 13.6. The number of carbonyl (C=O) groups excluding carboxylic acids is 1. The molecule has 0 bridgehead atoms. The van der Waals surface area contributed by atoms with Crippen molar-refractivity contribution < 1.29 is 9.72 Å². The number of hydrogen-bond donors (Lipinski definition) is 0. The lowest BCUT2D eigenvalue weighted by Gasteiger charge is -2.03. The van der Waals surface area contributed by atoms with Crippen LogP contribution in [0.25, 0.3) is 27.5 Å². The molecule has 4 aromatic rings. The summed E-state index contributed by atoms with van der Waals surface area (Å²) in [5.41, 5.74) is 3.28. The predicted octanol–water partition coefficient (Wildman–Crippen LogP) is 4.45. The van der Waals surface area contributed by atoms with Crippen molar-refractivity contribution in [2.45, 2.75) is 0 Å². The number of nitrogens with zero attached hydrogens (tertiary/aromatic N) is 3. The van der Waals surface area contributed by atoms with Gasteiger partial charge in [-0.25, -0.2) is 4.98 Å². The van der Waals surface area contributed by atoms with Crippen LogP contribution in [0.3, 0.4) is 0 Å². The zero-order valence-electron chi connectivity index (χ0n) is 12.8. The summed E-state index contributed by atoms with van der Waals surface area (Å²) in [6.45, 7) is 0. The number of thiazole rings is 1. The molecule has 0 radical (unpaired) electrons. The molecule has 0 aliphatic heterocycles. The van der Waals surface area contributed by atoms with Gasteiger partial charge < -0.3 is 0 Å². The molecule has 0 unspecified atom stereocenters. The first-order valence-corrected chi connectivity index (χ1v) is 8.32. The Morgan fingerprint density at radius 1 is 1.08 bits per heavy atom. The van der Waals surface area contributed by atoms with E-state index in [-0.39, 0.29) is 5.69 Å². The Bertz CT molecular complexity index is 1100. The minimum Gasteiger partial charge on any atom is -0.296 e. The number of imidazole rings is 1. The Labute approximate surface area is 146 Å². The van der Waals surface area contributed by atoms with Crippen molar-refractivity contribution in [2.24, 2.45) is 0 Å². The van der Waals surface area contributed by atoms with Gasteiger partial charge in [0.15, 0.2) is 11.2 Å². The molecule has 0 saturated heterocycles. The molecule has 0 amide bonds. The van der Waals surface area contributed by atoms with Crippen LogP contribution in [-0.2, 0) is 0 Å². The van der Waals surface area contributed by atoms with E-state index in [1.807, 2.05) is 35.7 Å². The first-order valence-electron chi connectivity index (χ1n) is 7.44. The molecule has 2 aromatic heterocycles. The summed E-state index contributed by atoms with van der Waals surface area (Å²) in [6, 6.07) is 15.8. The minimum absolute atomic E-state index is 0.00732. The number of non-ortho nitro benzene ring substituents is 1. The van der Waals surface area contributed by atoms with Crippen molar-refractivity contribution in [3.05, 3.63) is 75.8 Å². The molecule has 2 heterocycles. The van der Waals surface area contributed by atoms with E-state index >= 15 is 0 Å². The van der Waals surface area contributed by atoms with Crippen molar-refractivity contribution in [2.75, 3.05) is 0 Å². The topological polar surface area (TPSA) is 77.5 Å². The molecule has 0 saturated carbocycles. The normalized spacial score (nSPS) is 10.9. The van der Waals surface area contributed by atoms with Crippen LogP contribution < -0.4 is 0 Å². The van der Waals surface area contributed by atoms with Gasteiger partial charge in [-0.15, -0.1) is 11.3 Å². The lowest BCUT2D eigenvalue weighted by molar-refractivity contribution is -0.384. The van der Waals surface area contributed by atoms with Crippen LogP contribution in [0, 0.1) is 10.1 Å². The summed E-state index contributed by atoms with van der Waals surface area (Å²) in [5, 5.41) is 12.9. The number of nitro benzene ring substituents is 1. The molecule has 4 rings (SSSR count). The number of rotatable bonds is 4. The summed E-state index contributed by atoms with van der Waals surface area (Å²) < 4.78 is 1.75. The number of fused-ring (bicyclic) bond motifs is 1. The molecule has 7 heteroatoms.